The molecule has 5 nitrogen and oxygen atoms in total. The van der Waals surface area contributed by atoms with E-state index < -0.39 is 6.04 Å². The second kappa shape index (κ2) is 6.50. The van der Waals surface area contributed by atoms with Crippen LogP contribution in [0.4, 0.5) is 5.95 Å². The molecule has 0 fully saturated rings. The summed E-state index contributed by atoms with van der Waals surface area (Å²) in [4.78, 5) is 17.4. The minimum absolute atomic E-state index is 0.308. The first-order valence-electron chi connectivity index (χ1n) is 8.48. The van der Waals surface area contributed by atoms with Gasteiger partial charge in [-0.1, -0.05) is 41.9 Å². The van der Waals surface area contributed by atoms with Crippen LogP contribution in [0, 0.1) is 0 Å². The van der Waals surface area contributed by atoms with Gasteiger partial charge in [-0.05, 0) is 37.6 Å². The number of rotatable bonds is 3. The highest BCUT2D eigenvalue weighted by molar-refractivity contribution is 6.31. The zero-order chi connectivity index (χ0) is 18.3. The minimum Gasteiger partial charge on any atom is -0.463 e. The molecule has 1 atom stereocenters. The molecule has 26 heavy (non-hydrogen) atoms. The summed E-state index contributed by atoms with van der Waals surface area (Å²) in [7, 11) is 0. The topological polar surface area (TPSA) is 56.1 Å². The number of ether oxygens (including phenoxy) is 1. The normalized spacial score (nSPS) is 16.3. The van der Waals surface area contributed by atoms with Gasteiger partial charge in [0.1, 0.15) is 0 Å². The zero-order valence-electron chi connectivity index (χ0n) is 14.5. The van der Waals surface area contributed by atoms with Gasteiger partial charge >= 0.3 is 5.97 Å². The monoisotopic (exact) mass is 367 g/mol. The molecule has 0 saturated heterocycles. The van der Waals surface area contributed by atoms with E-state index in [0.717, 1.165) is 22.3 Å². The van der Waals surface area contributed by atoms with Crippen LogP contribution in [0.3, 0.4) is 0 Å². The molecule has 6 heteroatoms. The van der Waals surface area contributed by atoms with Gasteiger partial charge in [-0.25, -0.2) is 9.78 Å². The summed E-state index contributed by atoms with van der Waals surface area (Å²) < 4.78 is 7.34. The second-order valence-electron chi connectivity index (χ2n) is 6.10. The Morgan fingerprint density at radius 3 is 2.73 bits per heavy atom. The third-order valence-corrected chi connectivity index (χ3v) is 4.87. The number of benzene rings is 2. The average Bonchev–Trinajstić information content (AvgIpc) is 2.99. The number of allylic oxidation sites excluding steroid dienone is 1. The summed E-state index contributed by atoms with van der Waals surface area (Å²) >= 11 is 6.51. The first kappa shape index (κ1) is 16.7. The Hall–Kier alpha value is -2.79. The fourth-order valence-electron chi connectivity index (χ4n) is 3.43. The number of hydrogen-bond acceptors (Lipinski definition) is 4. The number of para-hydroxylation sites is 2. The van der Waals surface area contributed by atoms with Crippen molar-refractivity contribution in [3.63, 3.8) is 0 Å². The van der Waals surface area contributed by atoms with Crippen molar-refractivity contribution in [3.05, 3.63) is 70.4 Å². The van der Waals surface area contributed by atoms with E-state index in [1.165, 1.54) is 0 Å². The molecule has 0 radical (unpaired) electrons. The highest BCUT2D eigenvalue weighted by Crippen LogP contribution is 2.41. The summed E-state index contributed by atoms with van der Waals surface area (Å²) in [6.45, 7) is 3.97. The lowest BCUT2D eigenvalue weighted by atomic mass is 9.95. The van der Waals surface area contributed by atoms with Gasteiger partial charge in [-0.3, -0.25) is 4.57 Å². The number of hydrogen-bond donors (Lipinski definition) is 1. The van der Waals surface area contributed by atoms with E-state index in [2.05, 4.69) is 10.3 Å². The Bertz CT molecular complexity index is 1040. The molecule has 1 aromatic heterocycles. The van der Waals surface area contributed by atoms with Gasteiger partial charge in [-0.2, -0.15) is 0 Å². The highest BCUT2D eigenvalue weighted by Gasteiger charge is 2.35. The summed E-state index contributed by atoms with van der Waals surface area (Å²) in [6, 6.07) is 15.0. The van der Waals surface area contributed by atoms with Gasteiger partial charge < -0.3 is 10.1 Å². The summed E-state index contributed by atoms with van der Waals surface area (Å²) in [6.07, 6.45) is 0. The Morgan fingerprint density at radius 2 is 1.96 bits per heavy atom. The molecule has 132 valence electrons. The maximum Gasteiger partial charge on any atom is 0.338 e. The molecule has 0 unspecified atom stereocenters. The Morgan fingerprint density at radius 1 is 1.23 bits per heavy atom. The van der Waals surface area contributed by atoms with Gasteiger partial charge in [0.05, 0.1) is 29.3 Å². The fourth-order valence-corrected chi connectivity index (χ4v) is 3.67. The van der Waals surface area contributed by atoms with Crippen molar-refractivity contribution in [1.82, 2.24) is 9.55 Å². The largest absolute Gasteiger partial charge is 0.463 e. The van der Waals surface area contributed by atoms with Gasteiger partial charge in [0, 0.05) is 10.7 Å². The number of aromatic nitrogens is 2. The lowest BCUT2D eigenvalue weighted by Gasteiger charge is -2.30. The Labute approximate surface area is 156 Å². The first-order chi connectivity index (χ1) is 12.6. The van der Waals surface area contributed by atoms with E-state index >= 15 is 0 Å². The Kier molecular flexibility index (Phi) is 4.17. The number of carbonyl (C=O) groups is 1. The molecule has 2 heterocycles. The molecule has 1 aliphatic heterocycles. The molecule has 0 saturated carbocycles. The van der Waals surface area contributed by atoms with Crippen molar-refractivity contribution in [2.75, 3.05) is 11.9 Å². The fraction of sp³-hybridized carbons (Fsp3) is 0.200. The number of fused-ring (bicyclic) bond motifs is 3. The predicted octanol–water partition coefficient (Wildman–Crippen LogP) is 4.54. The molecular formula is C20H18ClN3O2. The number of halogens is 1. The molecule has 1 N–H and O–H groups in total. The lowest BCUT2D eigenvalue weighted by Crippen LogP contribution is -2.29. The predicted molar refractivity (Wildman–Crippen MR) is 102 cm³/mol. The molecule has 0 spiro atoms. The van der Waals surface area contributed by atoms with Crippen LogP contribution in [0.5, 0.6) is 0 Å². The molecule has 4 rings (SSSR count). The summed E-state index contributed by atoms with van der Waals surface area (Å²) in [5.74, 6) is 0.326. The van der Waals surface area contributed by atoms with Crippen LogP contribution in [0.15, 0.2) is 59.8 Å². The van der Waals surface area contributed by atoms with Gasteiger partial charge in [0.15, 0.2) is 0 Å². The maximum atomic E-state index is 12.8. The van der Waals surface area contributed by atoms with E-state index in [1.807, 2.05) is 60.0 Å². The number of nitrogens with one attached hydrogen (secondary N) is 1. The number of nitrogens with zero attached hydrogens (tertiary/aromatic N) is 2. The average molecular weight is 368 g/mol. The molecule has 1 aliphatic rings. The van der Waals surface area contributed by atoms with E-state index in [1.54, 1.807) is 6.92 Å². The van der Waals surface area contributed by atoms with E-state index in [0.29, 0.717) is 23.2 Å². The highest BCUT2D eigenvalue weighted by atomic mass is 35.5. The smallest absolute Gasteiger partial charge is 0.338 e. The number of anilines is 1. The molecule has 0 amide bonds. The molecule has 0 bridgehead atoms. The van der Waals surface area contributed by atoms with Crippen LogP contribution in [0.1, 0.15) is 25.5 Å². The van der Waals surface area contributed by atoms with Crippen molar-refractivity contribution >= 4 is 34.6 Å². The van der Waals surface area contributed by atoms with Crippen LogP contribution >= 0.6 is 11.6 Å². The van der Waals surface area contributed by atoms with Crippen LogP contribution in [0.2, 0.25) is 5.02 Å². The van der Waals surface area contributed by atoms with Crippen LogP contribution in [-0.4, -0.2) is 22.1 Å². The lowest BCUT2D eigenvalue weighted by molar-refractivity contribution is -0.139. The van der Waals surface area contributed by atoms with E-state index in [9.17, 15) is 4.79 Å². The number of esters is 1. The van der Waals surface area contributed by atoms with Crippen molar-refractivity contribution in [2.24, 2.45) is 0 Å². The zero-order valence-corrected chi connectivity index (χ0v) is 15.2. The van der Waals surface area contributed by atoms with Gasteiger partial charge in [-0.15, -0.1) is 0 Å². The SMILES string of the molecule is CCOC(=O)C1=C(C)Nc2nc3ccccc3n2[C@H]1c1ccccc1Cl. The quantitative estimate of drug-likeness (QED) is 0.690. The van der Waals surface area contributed by atoms with Crippen molar-refractivity contribution in [3.8, 4) is 0 Å². The summed E-state index contributed by atoms with van der Waals surface area (Å²) in [5, 5.41) is 3.84. The van der Waals surface area contributed by atoms with Crippen molar-refractivity contribution in [2.45, 2.75) is 19.9 Å². The van der Waals surface area contributed by atoms with Gasteiger partial charge in [0.2, 0.25) is 5.95 Å². The summed E-state index contributed by atoms with van der Waals surface area (Å²) in [5.41, 5.74) is 3.87. The van der Waals surface area contributed by atoms with Crippen LogP contribution < -0.4 is 5.32 Å². The van der Waals surface area contributed by atoms with Crippen LogP contribution in [-0.2, 0) is 9.53 Å². The number of carbonyl (C=O) groups excluding carboxylic acids is 1. The second-order valence-corrected chi connectivity index (χ2v) is 6.51. The maximum absolute atomic E-state index is 12.8. The Balaban J connectivity index is 2.01. The van der Waals surface area contributed by atoms with E-state index in [-0.39, 0.29) is 5.97 Å². The number of imidazole rings is 1. The molecule has 0 aliphatic carbocycles. The molecule has 3 aromatic rings. The first-order valence-corrected chi connectivity index (χ1v) is 8.86. The molecule has 2 aromatic carbocycles. The standard InChI is InChI=1S/C20H18ClN3O2/c1-3-26-19(25)17-12(2)22-20-23-15-10-6-7-11-16(15)24(20)18(17)13-8-4-5-9-14(13)21/h4-11,18H,3H2,1-2H3,(H,22,23)/t18-/m0/s1. The third kappa shape index (κ3) is 2.56. The minimum atomic E-state index is -0.411. The van der Waals surface area contributed by atoms with E-state index in [4.69, 9.17) is 16.3 Å². The third-order valence-electron chi connectivity index (χ3n) is 4.53. The van der Waals surface area contributed by atoms with Gasteiger partial charge in [0.25, 0.3) is 0 Å². The van der Waals surface area contributed by atoms with Crippen molar-refractivity contribution in [1.29, 1.82) is 0 Å². The molecular weight excluding hydrogens is 350 g/mol. The van der Waals surface area contributed by atoms with Crippen molar-refractivity contribution < 1.29 is 9.53 Å². The van der Waals surface area contributed by atoms with Crippen LogP contribution in [0.25, 0.3) is 11.0 Å².